The predicted molar refractivity (Wildman–Crippen MR) is 141 cm³/mol. The molecular formula is C29H28F2N6O. The van der Waals surface area contributed by atoms with Crippen LogP contribution in [0.4, 0.5) is 8.78 Å². The molecule has 5 aromatic rings. The fraction of sp³-hybridized carbons (Fsp3) is 0.241. The van der Waals surface area contributed by atoms with Gasteiger partial charge in [0.05, 0.1) is 12.6 Å². The predicted octanol–water partition coefficient (Wildman–Crippen LogP) is 5.30. The van der Waals surface area contributed by atoms with Crippen molar-refractivity contribution in [1.82, 2.24) is 30.1 Å². The summed E-state index contributed by atoms with van der Waals surface area (Å²) in [5.41, 5.74) is 4.10. The third-order valence-electron chi connectivity index (χ3n) is 6.68. The zero-order valence-corrected chi connectivity index (χ0v) is 21.2. The van der Waals surface area contributed by atoms with Gasteiger partial charge in [-0.2, -0.15) is 0 Å². The lowest BCUT2D eigenvalue weighted by atomic mass is 10.1. The summed E-state index contributed by atoms with van der Waals surface area (Å²) in [4.78, 5) is 18.2. The van der Waals surface area contributed by atoms with Crippen molar-refractivity contribution in [3.05, 3.63) is 123 Å². The SMILES string of the molecule is CC[C@H](c1nnnn1Cc1ccc(F)cc1)N(Cc1ccc(F)cc1)Cc1cc2cc(C)ccc2[nH]c1=O. The fourth-order valence-electron chi connectivity index (χ4n) is 4.74. The maximum Gasteiger partial charge on any atom is 0.252 e. The van der Waals surface area contributed by atoms with Gasteiger partial charge in [0.1, 0.15) is 11.6 Å². The van der Waals surface area contributed by atoms with Crippen molar-refractivity contribution in [1.29, 1.82) is 0 Å². The Morgan fingerprint density at radius 3 is 2.29 bits per heavy atom. The molecule has 5 rings (SSSR count). The molecule has 0 radical (unpaired) electrons. The summed E-state index contributed by atoms with van der Waals surface area (Å²) >= 11 is 0. The molecule has 194 valence electrons. The van der Waals surface area contributed by atoms with Crippen molar-refractivity contribution in [3.8, 4) is 0 Å². The number of benzene rings is 3. The number of halogens is 2. The lowest BCUT2D eigenvalue weighted by molar-refractivity contribution is 0.161. The normalized spacial score (nSPS) is 12.3. The van der Waals surface area contributed by atoms with E-state index in [2.05, 4.69) is 25.4 Å². The molecule has 3 aromatic carbocycles. The van der Waals surface area contributed by atoms with Gasteiger partial charge in [-0.1, -0.05) is 42.8 Å². The highest BCUT2D eigenvalue weighted by Crippen LogP contribution is 2.27. The van der Waals surface area contributed by atoms with E-state index in [-0.39, 0.29) is 23.2 Å². The second-order valence-corrected chi connectivity index (χ2v) is 9.49. The summed E-state index contributed by atoms with van der Waals surface area (Å²) in [6.45, 7) is 5.21. The summed E-state index contributed by atoms with van der Waals surface area (Å²) in [6.07, 6.45) is 0.662. The molecule has 0 aliphatic carbocycles. The highest BCUT2D eigenvalue weighted by molar-refractivity contribution is 5.79. The Kier molecular flexibility index (Phi) is 7.37. The number of nitrogens with zero attached hydrogens (tertiary/aromatic N) is 5. The number of aromatic nitrogens is 5. The summed E-state index contributed by atoms with van der Waals surface area (Å²) < 4.78 is 28.7. The summed E-state index contributed by atoms with van der Waals surface area (Å²) in [5.74, 6) is 0.0160. The molecule has 0 spiro atoms. The number of pyridine rings is 1. The van der Waals surface area contributed by atoms with Gasteiger partial charge in [-0.15, -0.1) is 5.10 Å². The number of rotatable bonds is 9. The molecule has 1 N–H and O–H groups in total. The van der Waals surface area contributed by atoms with Gasteiger partial charge < -0.3 is 4.98 Å². The quantitative estimate of drug-likeness (QED) is 0.289. The van der Waals surface area contributed by atoms with Gasteiger partial charge in [-0.25, -0.2) is 13.5 Å². The van der Waals surface area contributed by atoms with E-state index in [1.807, 2.05) is 38.1 Å². The van der Waals surface area contributed by atoms with Gasteiger partial charge in [0.25, 0.3) is 5.56 Å². The number of aromatic amines is 1. The van der Waals surface area contributed by atoms with E-state index in [1.165, 1.54) is 24.3 Å². The van der Waals surface area contributed by atoms with Crippen LogP contribution in [0, 0.1) is 18.6 Å². The average molecular weight is 515 g/mol. The number of fused-ring (bicyclic) bond motifs is 1. The summed E-state index contributed by atoms with van der Waals surface area (Å²) in [6, 6.07) is 20.2. The van der Waals surface area contributed by atoms with Crippen molar-refractivity contribution in [3.63, 3.8) is 0 Å². The molecule has 0 aliphatic heterocycles. The van der Waals surface area contributed by atoms with Crippen LogP contribution in [0.3, 0.4) is 0 Å². The number of aryl methyl sites for hydroxylation is 1. The molecule has 7 nitrogen and oxygen atoms in total. The zero-order chi connectivity index (χ0) is 26.6. The number of hydrogen-bond donors (Lipinski definition) is 1. The van der Waals surface area contributed by atoms with E-state index in [0.29, 0.717) is 37.4 Å². The van der Waals surface area contributed by atoms with Crippen LogP contribution in [0.2, 0.25) is 0 Å². The molecule has 0 amide bonds. The third-order valence-corrected chi connectivity index (χ3v) is 6.68. The molecule has 0 aliphatic rings. The topological polar surface area (TPSA) is 79.7 Å². The van der Waals surface area contributed by atoms with Gasteiger partial charge >= 0.3 is 0 Å². The van der Waals surface area contributed by atoms with Gasteiger partial charge in [0, 0.05) is 24.2 Å². The van der Waals surface area contributed by atoms with Crippen LogP contribution in [0.25, 0.3) is 10.9 Å². The van der Waals surface area contributed by atoms with E-state index in [4.69, 9.17) is 0 Å². The second kappa shape index (κ2) is 11.0. The van der Waals surface area contributed by atoms with E-state index < -0.39 is 0 Å². The molecule has 0 saturated heterocycles. The molecule has 0 saturated carbocycles. The maximum absolute atomic E-state index is 13.6. The molecule has 0 unspecified atom stereocenters. The van der Waals surface area contributed by atoms with Crippen molar-refractivity contribution >= 4 is 10.9 Å². The van der Waals surface area contributed by atoms with Crippen LogP contribution < -0.4 is 5.56 Å². The molecule has 2 aromatic heterocycles. The minimum atomic E-state index is -0.308. The van der Waals surface area contributed by atoms with Crippen LogP contribution in [0.15, 0.2) is 77.6 Å². The van der Waals surface area contributed by atoms with Gasteiger partial charge in [-0.05, 0) is 82.7 Å². The Hall–Kier alpha value is -4.24. The van der Waals surface area contributed by atoms with Crippen molar-refractivity contribution in [2.75, 3.05) is 0 Å². The van der Waals surface area contributed by atoms with Crippen LogP contribution in [-0.4, -0.2) is 30.1 Å². The lowest BCUT2D eigenvalue weighted by Crippen LogP contribution is -2.32. The Morgan fingerprint density at radius 2 is 1.61 bits per heavy atom. The number of H-pyrrole nitrogens is 1. The fourth-order valence-corrected chi connectivity index (χ4v) is 4.74. The van der Waals surface area contributed by atoms with Crippen LogP contribution in [0.5, 0.6) is 0 Å². The minimum Gasteiger partial charge on any atom is -0.322 e. The molecule has 38 heavy (non-hydrogen) atoms. The Bertz CT molecular complexity index is 1590. The molecule has 1 atom stereocenters. The standard InChI is InChI=1S/C29H28F2N6O/c1-3-27(28-33-34-35-37(28)17-21-7-11-25(31)12-8-21)36(16-20-5-9-24(30)10-6-20)18-23-15-22-14-19(2)4-13-26(22)32-29(23)38/h4-15,27H,3,16-18H2,1-2H3,(H,32,38)/t27-/m1/s1. The lowest BCUT2D eigenvalue weighted by Gasteiger charge is -2.30. The van der Waals surface area contributed by atoms with Gasteiger partial charge in [0.2, 0.25) is 0 Å². The van der Waals surface area contributed by atoms with Crippen LogP contribution in [-0.2, 0) is 19.6 Å². The molecule has 0 bridgehead atoms. The van der Waals surface area contributed by atoms with E-state index in [1.54, 1.807) is 28.9 Å². The van der Waals surface area contributed by atoms with E-state index in [9.17, 15) is 13.6 Å². The first-order valence-corrected chi connectivity index (χ1v) is 12.5. The number of hydrogen-bond acceptors (Lipinski definition) is 5. The van der Waals surface area contributed by atoms with E-state index in [0.717, 1.165) is 27.6 Å². The number of nitrogens with one attached hydrogen (secondary N) is 1. The first kappa shape index (κ1) is 25.4. The first-order chi connectivity index (χ1) is 18.4. The second-order valence-electron chi connectivity index (χ2n) is 9.49. The highest BCUT2D eigenvalue weighted by atomic mass is 19.1. The molecular weight excluding hydrogens is 486 g/mol. The smallest absolute Gasteiger partial charge is 0.252 e. The molecule has 9 heteroatoms. The Morgan fingerprint density at radius 1 is 0.921 bits per heavy atom. The Labute approximate surface area is 218 Å². The monoisotopic (exact) mass is 514 g/mol. The zero-order valence-electron chi connectivity index (χ0n) is 21.2. The van der Waals surface area contributed by atoms with Crippen molar-refractivity contribution in [2.45, 2.75) is 45.9 Å². The highest BCUT2D eigenvalue weighted by Gasteiger charge is 2.26. The largest absolute Gasteiger partial charge is 0.322 e. The van der Waals surface area contributed by atoms with Crippen molar-refractivity contribution < 1.29 is 8.78 Å². The van der Waals surface area contributed by atoms with Gasteiger partial charge in [0.15, 0.2) is 5.82 Å². The summed E-state index contributed by atoms with van der Waals surface area (Å²) in [7, 11) is 0. The minimum absolute atomic E-state index is 0.161. The Balaban J connectivity index is 1.52. The number of tetrazole rings is 1. The van der Waals surface area contributed by atoms with Crippen LogP contribution >= 0.6 is 0 Å². The average Bonchev–Trinajstić information content (AvgIpc) is 3.35. The molecule has 2 heterocycles. The van der Waals surface area contributed by atoms with Gasteiger partial charge in [-0.3, -0.25) is 9.69 Å². The van der Waals surface area contributed by atoms with E-state index >= 15 is 0 Å². The maximum atomic E-state index is 13.6. The third kappa shape index (κ3) is 5.68. The van der Waals surface area contributed by atoms with Crippen LogP contribution in [0.1, 0.15) is 47.5 Å². The van der Waals surface area contributed by atoms with Crippen molar-refractivity contribution in [2.24, 2.45) is 0 Å². The summed E-state index contributed by atoms with van der Waals surface area (Å²) in [5, 5.41) is 13.4. The molecule has 0 fully saturated rings. The first-order valence-electron chi connectivity index (χ1n) is 12.5.